The average molecular weight is 374 g/mol. The number of aryl methyl sites for hydroxylation is 1. The second kappa shape index (κ2) is 8.81. The lowest BCUT2D eigenvalue weighted by Gasteiger charge is -2.12. The number of nitrogens with zero attached hydrogens (tertiary/aromatic N) is 2. The fourth-order valence-corrected chi connectivity index (χ4v) is 2.88. The predicted molar refractivity (Wildman–Crippen MR) is 109 cm³/mol. The van der Waals surface area contributed by atoms with E-state index < -0.39 is 0 Å². The van der Waals surface area contributed by atoms with Gasteiger partial charge in [0.2, 0.25) is 11.8 Å². The molecule has 0 bridgehead atoms. The van der Waals surface area contributed by atoms with Crippen molar-refractivity contribution in [2.45, 2.75) is 19.9 Å². The molecule has 0 aliphatic heterocycles. The van der Waals surface area contributed by atoms with Crippen molar-refractivity contribution >= 4 is 17.5 Å². The summed E-state index contributed by atoms with van der Waals surface area (Å²) in [6.45, 7) is 5.74. The zero-order valence-electron chi connectivity index (χ0n) is 15.7. The molecule has 0 saturated carbocycles. The van der Waals surface area contributed by atoms with Crippen molar-refractivity contribution in [3.05, 3.63) is 90.3 Å². The van der Waals surface area contributed by atoms with Crippen LogP contribution in [0.25, 0.3) is 5.69 Å². The van der Waals surface area contributed by atoms with Crippen LogP contribution in [-0.2, 0) is 22.6 Å². The molecule has 0 aliphatic carbocycles. The minimum absolute atomic E-state index is 0.113. The maximum atomic E-state index is 12.6. The van der Waals surface area contributed by atoms with Gasteiger partial charge in [-0.1, -0.05) is 30.8 Å². The molecule has 0 atom stereocenters. The van der Waals surface area contributed by atoms with Gasteiger partial charge in [-0.15, -0.1) is 0 Å². The third-order valence-electron chi connectivity index (χ3n) is 4.36. The van der Waals surface area contributed by atoms with Crippen molar-refractivity contribution in [2.24, 2.45) is 0 Å². The molecule has 28 heavy (non-hydrogen) atoms. The monoisotopic (exact) mass is 374 g/mol. The zero-order chi connectivity index (χ0) is 19.9. The Morgan fingerprint density at radius 3 is 2.61 bits per heavy atom. The summed E-state index contributed by atoms with van der Waals surface area (Å²) in [6.07, 6.45) is 5.04. The summed E-state index contributed by atoms with van der Waals surface area (Å²) in [6, 6.07) is 15.2. The molecule has 1 heterocycles. The first kappa shape index (κ1) is 19.1. The molecule has 2 amide bonds. The standard InChI is InChI=1S/C22H22N4O2/c1-3-21(27)23-15-18-8-5-4-7-17(18)14-22(28)25-20-10-9-19(13-16(20)2)26-12-6-11-24-26/h3-13H,1,14-15H2,2H3,(H,23,27)(H,25,28). The quantitative estimate of drug-likeness (QED) is 0.624. The number of aromatic nitrogens is 2. The number of hydrogen-bond donors (Lipinski definition) is 2. The Kier molecular flexibility index (Phi) is 6.01. The summed E-state index contributed by atoms with van der Waals surface area (Å²) >= 11 is 0. The fraction of sp³-hybridized carbons (Fsp3) is 0.136. The summed E-state index contributed by atoms with van der Waals surface area (Å²) in [4.78, 5) is 24.0. The Morgan fingerprint density at radius 2 is 1.93 bits per heavy atom. The van der Waals surface area contributed by atoms with E-state index in [2.05, 4.69) is 22.3 Å². The summed E-state index contributed by atoms with van der Waals surface area (Å²) in [7, 11) is 0. The van der Waals surface area contributed by atoms with Crippen molar-refractivity contribution < 1.29 is 9.59 Å². The van der Waals surface area contributed by atoms with Gasteiger partial charge in [0.15, 0.2) is 0 Å². The van der Waals surface area contributed by atoms with Crippen molar-refractivity contribution in [1.29, 1.82) is 0 Å². The molecule has 0 radical (unpaired) electrons. The van der Waals surface area contributed by atoms with Crippen LogP contribution in [-0.4, -0.2) is 21.6 Å². The fourth-order valence-electron chi connectivity index (χ4n) is 2.88. The van der Waals surface area contributed by atoms with Gasteiger partial charge in [-0.25, -0.2) is 4.68 Å². The average Bonchev–Trinajstić information content (AvgIpc) is 3.23. The molecule has 2 aromatic carbocycles. The van der Waals surface area contributed by atoms with Crippen LogP contribution in [0.4, 0.5) is 5.69 Å². The first-order chi connectivity index (χ1) is 13.6. The minimum atomic E-state index is -0.243. The molecule has 6 heteroatoms. The van der Waals surface area contributed by atoms with Gasteiger partial charge in [-0.05, 0) is 54.0 Å². The highest BCUT2D eigenvalue weighted by atomic mass is 16.2. The highest BCUT2D eigenvalue weighted by Gasteiger charge is 2.10. The maximum absolute atomic E-state index is 12.6. The summed E-state index contributed by atoms with van der Waals surface area (Å²) in [5, 5.41) is 9.92. The Bertz CT molecular complexity index is 994. The predicted octanol–water partition coefficient (Wildman–Crippen LogP) is 3.16. The van der Waals surface area contributed by atoms with E-state index in [1.54, 1.807) is 10.9 Å². The Labute approximate surface area is 163 Å². The van der Waals surface area contributed by atoms with Crippen LogP contribution < -0.4 is 10.6 Å². The van der Waals surface area contributed by atoms with Crippen LogP contribution in [0.1, 0.15) is 16.7 Å². The van der Waals surface area contributed by atoms with Crippen molar-refractivity contribution in [3.63, 3.8) is 0 Å². The molecule has 0 fully saturated rings. The van der Waals surface area contributed by atoms with E-state index in [4.69, 9.17) is 0 Å². The Morgan fingerprint density at radius 1 is 1.14 bits per heavy atom. The van der Waals surface area contributed by atoms with Crippen LogP contribution in [0.5, 0.6) is 0 Å². The van der Waals surface area contributed by atoms with Gasteiger partial charge in [0.1, 0.15) is 0 Å². The van der Waals surface area contributed by atoms with Gasteiger partial charge >= 0.3 is 0 Å². The summed E-state index contributed by atoms with van der Waals surface area (Å²) < 4.78 is 1.77. The molecule has 6 nitrogen and oxygen atoms in total. The molecule has 3 aromatic rings. The van der Waals surface area contributed by atoms with Gasteiger partial charge in [0.25, 0.3) is 0 Å². The van der Waals surface area contributed by atoms with Crippen LogP contribution in [0, 0.1) is 6.92 Å². The molecule has 0 unspecified atom stereocenters. The largest absolute Gasteiger partial charge is 0.348 e. The number of benzene rings is 2. The van der Waals surface area contributed by atoms with E-state index in [0.29, 0.717) is 6.54 Å². The van der Waals surface area contributed by atoms with Crippen LogP contribution in [0.15, 0.2) is 73.6 Å². The van der Waals surface area contributed by atoms with Gasteiger partial charge in [-0.3, -0.25) is 9.59 Å². The SMILES string of the molecule is C=CC(=O)NCc1ccccc1CC(=O)Nc1ccc(-n2cccn2)cc1C. The Balaban J connectivity index is 1.68. The van der Waals surface area contributed by atoms with Gasteiger partial charge in [0.05, 0.1) is 12.1 Å². The van der Waals surface area contributed by atoms with E-state index in [1.165, 1.54) is 6.08 Å². The third-order valence-corrected chi connectivity index (χ3v) is 4.36. The number of hydrogen-bond acceptors (Lipinski definition) is 3. The van der Waals surface area contributed by atoms with Gasteiger partial charge < -0.3 is 10.6 Å². The summed E-state index contributed by atoms with van der Waals surface area (Å²) in [5.74, 6) is -0.357. The topological polar surface area (TPSA) is 76.0 Å². The van der Waals surface area contributed by atoms with E-state index >= 15 is 0 Å². The molecular formula is C22H22N4O2. The van der Waals surface area contributed by atoms with Crippen molar-refractivity contribution in [3.8, 4) is 5.69 Å². The van der Waals surface area contributed by atoms with Crippen LogP contribution in [0.2, 0.25) is 0 Å². The molecule has 0 saturated heterocycles. The molecule has 0 aliphatic rings. The van der Waals surface area contributed by atoms with E-state index in [0.717, 1.165) is 28.1 Å². The number of anilines is 1. The molecule has 142 valence electrons. The van der Waals surface area contributed by atoms with Crippen molar-refractivity contribution in [1.82, 2.24) is 15.1 Å². The molecular weight excluding hydrogens is 352 g/mol. The molecule has 0 spiro atoms. The first-order valence-electron chi connectivity index (χ1n) is 8.94. The lowest BCUT2D eigenvalue weighted by Crippen LogP contribution is -2.22. The highest BCUT2D eigenvalue weighted by Crippen LogP contribution is 2.19. The molecule has 3 rings (SSSR count). The number of nitrogens with one attached hydrogen (secondary N) is 2. The molecule has 1 aromatic heterocycles. The zero-order valence-corrected chi connectivity index (χ0v) is 15.7. The molecule has 2 N–H and O–H groups in total. The van der Waals surface area contributed by atoms with E-state index in [1.807, 2.05) is 61.7 Å². The van der Waals surface area contributed by atoms with Crippen molar-refractivity contribution in [2.75, 3.05) is 5.32 Å². The van der Waals surface area contributed by atoms with E-state index in [9.17, 15) is 9.59 Å². The first-order valence-corrected chi connectivity index (χ1v) is 8.94. The highest BCUT2D eigenvalue weighted by molar-refractivity contribution is 5.93. The van der Waals surface area contributed by atoms with Gasteiger partial charge in [-0.2, -0.15) is 5.10 Å². The lowest BCUT2D eigenvalue weighted by atomic mass is 10.0. The van der Waals surface area contributed by atoms with Crippen LogP contribution >= 0.6 is 0 Å². The third kappa shape index (κ3) is 4.73. The normalized spacial score (nSPS) is 10.3. The van der Waals surface area contributed by atoms with Gasteiger partial charge in [0, 0.05) is 24.6 Å². The number of rotatable bonds is 7. The Hall–Kier alpha value is -3.67. The number of carbonyl (C=O) groups excluding carboxylic acids is 2. The maximum Gasteiger partial charge on any atom is 0.243 e. The number of carbonyl (C=O) groups is 2. The summed E-state index contributed by atoms with van der Waals surface area (Å²) in [5.41, 5.74) is 4.42. The lowest BCUT2D eigenvalue weighted by molar-refractivity contribution is -0.116. The smallest absolute Gasteiger partial charge is 0.243 e. The second-order valence-corrected chi connectivity index (χ2v) is 6.37. The minimum Gasteiger partial charge on any atom is -0.348 e. The number of amides is 2. The van der Waals surface area contributed by atoms with E-state index in [-0.39, 0.29) is 18.2 Å². The van der Waals surface area contributed by atoms with Crippen LogP contribution in [0.3, 0.4) is 0 Å². The second-order valence-electron chi connectivity index (χ2n) is 6.37.